The van der Waals surface area contributed by atoms with Gasteiger partial charge in [0.15, 0.2) is 5.84 Å². The Labute approximate surface area is 126 Å². The predicted molar refractivity (Wildman–Crippen MR) is 85.0 cm³/mol. The third kappa shape index (κ3) is 5.24. The monoisotopic (exact) mass is 294 g/mol. The van der Waals surface area contributed by atoms with Crippen molar-refractivity contribution in [2.75, 3.05) is 27.2 Å². The lowest BCUT2D eigenvalue weighted by atomic mass is 10.1. The molecule has 0 heterocycles. The van der Waals surface area contributed by atoms with Crippen LogP contribution in [0.2, 0.25) is 0 Å². The topological polar surface area (TPSA) is 83.1 Å². The number of nitrogens with zero attached hydrogens (tertiary/aromatic N) is 2. The van der Waals surface area contributed by atoms with Crippen LogP contribution in [0.1, 0.15) is 25.0 Å². The Morgan fingerprint density at radius 1 is 1.48 bits per heavy atom. The van der Waals surface area contributed by atoms with Gasteiger partial charge in [-0.25, -0.2) is 0 Å². The molecule has 0 radical (unpaired) electrons. The molecule has 21 heavy (non-hydrogen) atoms. The van der Waals surface area contributed by atoms with Crippen molar-refractivity contribution < 1.29 is 9.94 Å². The van der Waals surface area contributed by atoms with Crippen molar-refractivity contribution in [3.05, 3.63) is 29.3 Å². The van der Waals surface area contributed by atoms with E-state index in [0.717, 1.165) is 25.2 Å². The van der Waals surface area contributed by atoms with Crippen molar-refractivity contribution in [2.24, 2.45) is 10.9 Å². The highest BCUT2D eigenvalue weighted by Gasteiger charge is 2.08. The van der Waals surface area contributed by atoms with Crippen LogP contribution in [-0.2, 0) is 6.54 Å². The molecule has 0 aromatic heterocycles. The van der Waals surface area contributed by atoms with Gasteiger partial charge >= 0.3 is 0 Å². The summed E-state index contributed by atoms with van der Waals surface area (Å²) in [6, 6.07) is 6.18. The maximum absolute atomic E-state index is 8.74. The Kier molecular flexibility index (Phi) is 6.98. The number of amidine groups is 1. The van der Waals surface area contributed by atoms with E-state index in [9.17, 15) is 0 Å². The third-order valence-corrected chi connectivity index (χ3v) is 3.50. The highest BCUT2D eigenvalue weighted by Crippen LogP contribution is 2.20. The van der Waals surface area contributed by atoms with E-state index in [2.05, 4.69) is 36.3 Å². The molecule has 118 valence electrons. The number of hydrogen-bond acceptors (Lipinski definition) is 5. The first-order valence-corrected chi connectivity index (χ1v) is 7.05. The minimum atomic E-state index is 0.0462. The van der Waals surface area contributed by atoms with Crippen molar-refractivity contribution >= 4 is 5.84 Å². The smallest absolute Gasteiger partial charge is 0.173 e. The van der Waals surface area contributed by atoms with E-state index >= 15 is 0 Å². The highest BCUT2D eigenvalue weighted by atomic mass is 16.5. The van der Waals surface area contributed by atoms with Crippen LogP contribution in [0.15, 0.2) is 23.4 Å². The highest BCUT2D eigenvalue weighted by molar-refractivity contribution is 5.99. The number of benzene rings is 1. The minimum Gasteiger partial charge on any atom is -0.496 e. The van der Waals surface area contributed by atoms with Gasteiger partial charge in [0, 0.05) is 25.7 Å². The fourth-order valence-electron chi connectivity index (χ4n) is 1.86. The first kappa shape index (κ1) is 17.3. The fraction of sp³-hybridized carbons (Fsp3) is 0.533. The van der Waals surface area contributed by atoms with E-state index in [-0.39, 0.29) is 5.84 Å². The van der Waals surface area contributed by atoms with Crippen molar-refractivity contribution in [3.63, 3.8) is 0 Å². The maximum atomic E-state index is 8.74. The van der Waals surface area contributed by atoms with Gasteiger partial charge in [0.1, 0.15) is 5.75 Å². The first-order valence-electron chi connectivity index (χ1n) is 7.05. The normalized spacial score (nSPS) is 12.2. The van der Waals surface area contributed by atoms with Crippen molar-refractivity contribution in [2.45, 2.75) is 26.4 Å². The molecule has 0 unspecified atom stereocenters. The van der Waals surface area contributed by atoms with Gasteiger partial charge in [-0.2, -0.15) is 0 Å². The van der Waals surface area contributed by atoms with Gasteiger partial charge in [0.25, 0.3) is 0 Å². The zero-order valence-corrected chi connectivity index (χ0v) is 13.3. The summed E-state index contributed by atoms with van der Waals surface area (Å²) in [5.41, 5.74) is 7.28. The molecule has 0 fully saturated rings. The summed E-state index contributed by atoms with van der Waals surface area (Å²) in [4.78, 5) is 2.29. The van der Waals surface area contributed by atoms with Crippen LogP contribution in [0.3, 0.4) is 0 Å². The number of likely N-dealkylation sites (N-methyl/N-ethyl adjacent to an activating group) is 1. The van der Waals surface area contributed by atoms with Crippen molar-refractivity contribution in [1.29, 1.82) is 0 Å². The molecule has 6 heteroatoms. The fourth-order valence-corrected chi connectivity index (χ4v) is 1.86. The molecule has 4 N–H and O–H groups in total. The summed E-state index contributed by atoms with van der Waals surface area (Å²) in [6.45, 7) is 7.02. The molecule has 0 spiro atoms. The lowest BCUT2D eigenvalue weighted by molar-refractivity contribution is 0.273. The number of nitrogens with two attached hydrogens (primary N) is 1. The summed E-state index contributed by atoms with van der Waals surface area (Å²) in [6.07, 6.45) is 0. The lowest BCUT2D eigenvalue weighted by Crippen LogP contribution is -2.33. The van der Waals surface area contributed by atoms with Gasteiger partial charge in [-0.1, -0.05) is 11.2 Å². The van der Waals surface area contributed by atoms with Gasteiger partial charge in [0.2, 0.25) is 0 Å². The van der Waals surface area contributed by atoms with E-state index in [1.54, 1.807) is 13.2 Å². The average Bonchev–Trinajstić information content (AvgIpc) is 2.50. The average molecular weight is 294 g/mol. The van der Waals surface area contributed by atoms with Crippen LogP contribution in [0.5, 0.6) is 5.75 Å². The van der Waals surface area contributed by atoms with E-state index in [4.69, 9.17) is 15.7 Å². The van der Waals surface area contributed by atoms with E-state index in [1.807, 2.05) is 12.1 Å². The molecule has 0 aliphatic heterocycles. The van der Waals surface area contributed by atoms with E-state index < -0.39 is 0 Å². The van der Waals surface area contributed by atoms with Crippen LogP contribution in [0.4, 0.5) is 0 Å². The molecule has 1 aromatic carbocycles. The molecule has 1 rings (SSSR count). The minimum absolute atomic E-state index is 0.0462. The molecule has 6 nitrogen and oxygen atoms in total. The Bertz CT molecular complexity index is 475. The van der Waals surface area contributed by atoms with E-state index in [0.29, 0.717) is 17.4 Å². The predicted octanol–water partition coefficient (Wildman–Crippen LogP) is 1.22. The zero-order valence-electron chi connectivity index (χ0n) is 13.3. The van der Waals surface area contributed by atoms with Crippen LogP contribution in [0, 0.1) is 0 Å². The molecule has 0 saturated carbocycles. The van der Waals surface area contributed by atoms with Gasteiger partial charge in [-0.15, -0.1) is 0 Å². The second kappa shape index (κ2) is 8.49. The second-order valence-corrected chi connectivity index (χ2v) is 5.27. The molecule has 0 amide bonds. The Balaban J connectivity index is 2.57. The Morgan fingerprint density at radius 2 is 2.19 bits per heavy atom. The summed E-state index contributed by atoms with van der Waals surface area (Å²) >= 11 is 0. The zero-order chi connectivity index (χ0) is 15.8. The number of nitrogens with one attached hydrogen (secondary N) is 1. The molecular weight excluding hydrogens is 268 g/mol. The first-order chi connectivity index (χ1) is 9.99. The van der Waals surface area contributed by atoms with E-state index in [1.165, 1.54) is 0 Å². The lowest BCUT2D eigenvalue weighted by Gasteiger charge is -2.21. The quantitative estimate of drug-likeness (QED) is 0.221. The molecular formula is C15H26N4O2. The maximum Gasteiger partial charge on any atom is 0.173 e. The van der Waals surface area contributed by atoms with Crippen LogP contribution >= 0.6 is 0 Å². The largest absolute Gasteiger partial charge is 0.496 e. The van der Waals surface area contributed by atoms with Crippen LogP contribution in [-0.4, -0.2) is 49.2 Å². The second-order valence-electron chi connectivity index (χ2n) is 5.27. The summed E-state index contributed by atoms with van der Waals surface area (Å²) < 4.78 is 5.28. The SMILES string of the molecule is COc1cc(CNCCN(C)C(C)C)ccc1/C(N)=N/O. The summed E-state index contributed by atoms with van der Waals surface area (Å²) in [7, 11) is 3.68. The molecule has 0 aliphatic rings. The molecule has 0 saturated heterocycles. The van der Waals surface area contributed by atoms with Crippen molar-refractivity contribution in [1.82, 2.24) is 10.2 Å². The number of methoxy groups -OCH3 is 1. The third-order valence-electron chi connectivity index (χ3n) is 3.50. The Hall–Kier alpha value is -1.79. The summed E-state index contributed by atoms with van der Waals surface area (Å²) in [5.74, 6) is 0.647. The van der Waals surface area contributed by atoms with Crippen LogP contribution < -0.4 is 15.8 Å². The standard InChI is InChI=1S/C15H26N4O2/c1-11(2)19(3)8-7-17-10-12-5-6-13(15(16)18-20)14(9-12)21-4/h5-6,9,11,17,20H,7-8,10H2,1-4H3,(H2,16,18). The number of hydrogen-bond donors (Lipinski definition) is 3. The van der Waals surface area contributed by atoms with Gasteiger partial charge in [0.05, 0.1) is 12.7 Å². The molecule has 1 aromatic rings. The number of oxime groups is 1. The number of ether oxygens (including phenoxy) is 1. The van der Waals surface area contributed by atoms with Crippen molar-refractivity contribution in [3.8, 4) is 5.75 Å². The van der Waals surface area contributed by atoms with Gasteiger partial charge < -0.3 is 25.9 Å². The van der Waals surface area contributed by atoms with Gasteiger partial charge in [-0.05, 0) is 38.6 Å². The summed E-state index contributed by atoms with van der Waals surface area (Å²) in [5, 5.41) is 15.1. The van der Waals surface area contributed by atoms with Crippen LogP contribution in [0.25, 0.3) is 0 Å². The molecule has 0 atom stereocenters. The van der Waals surface area contributed by atoms with Gasteiger partial charge in [-0.3, -0.25) is 0 Å². The molecule has 0 bridgehead atoms. The Morgan fingerprint density at radius 3 is 2.76 bits per heavy atom. The molecule has 0 aliphatic carbocycles. The number of rotatable bonds is 8.